The summed E-state index contributed by atoms with van der Waals surface area (Å²) in [6, 6.07) is 17.4. The molecule has 0 saturated carbocycles. The number of ether oxygens (including phenoxy) is 1. The number of fused-ring (bicyclic) bond motifs is 1. The summed E-state index contributed by atoms with van der Waals surface area (Å²) in [6.45, 7) is 10.3. The van der Waals surface area contributed by atoms with E-state index in [9.17, 15) is 4.79 Å². The molecule has 0 atom stereocenters. The Morgan fingerprint density at radius 3 is 2.53 bits per heavy atom. The molecule has 2 aromatic carbocycles. The predicted octanol–water partition coefficient (Wildman–Crippen LogP) is 6.19. The topological polar surface area (TPSA) is 74.3 Å². The minimum Gasteiger partial charge on any atom is -0.496 e. The molecule has 0 bridgehead atoms. The van der Waals surface area contributed by atoms with Crippen LogP contribution in [0.4, 0.5) is 0 Å². The third kappa shape index (κ3) is 4.41. The number of methoxy groups -OCH3 is 1. The lowest BCUT2D eigenvalue weighted by Crippen LogP contribution is -2.21. The Morgan fingerprint density at radius 2 is 1.82 bits per heavy atom. The largest absolute Gasteiger partial charge is 0.496 e. The Balaban J connectivity index is 1.72. The van der Waals surface area contributed by atoms with Crippen molar-refractivity contribution in [1.82, 2.24) is 19.2 Å². The summed E-state index contributed by atoms with van der Waals surface area (Å²) in [5, 5.41) is 5.24. The predicted molar refractivity (Wildman–Crippen MR) is 153 cm³/mol. The van der Waals surface area contributed by atoms with E-state index in [4.69, 9.17) is 14.8 Å². The van der Waals surface area contributed by atoms with Crippen molar-refractivity contribution in [1.29, 1.82) is 0 Å². The number of aromatic nitrogens is 4. The molecule has 192 valence electrons. The molecule has 5 aromatic rings. The fraction of sp³-hybridized carbons (Fsp3) is 0.226. The van der Waals surface area contributed by atoms with Gasteiger partial charge in [0.1, 0.15) is 5.75 Å². The molecule has 3 aromatic heterocycles. The van der Waals surface area contributed by atoms with E-state index in [1.807, 2.05) is 63.4 Å². The lowest BCUT2D eigenvalue weighted by atomic mass is 9.96. The third-order valence-electron chi connectivity index (χ3n) is 6.88. The van der Waals surface area contributed by atoms with Gasteiger partial charge in [-0.2, -0.15) is 9.78 Å². The van der Waals surface area contributed by atoms with Crippen molar-refractivity contribution < 1.29 is 4.74 Å². The molecule has 0 aliphatic heterocycles. The molecule has 7 nitrogen and oxygen atoms in total. The Morgan fingerprint density at radius 1 is 1.03 bits per heavy atom. The molecule has 7 heteroatoms. The van der Waals surface area contributed by atoms with Gasteiger partial charge < -0.3 is 9.30 Å². The average molecular weight is 506 g/mol. The molecule has 3 heterocycles. The van der Waals surface area contributed by atoms with Crippen molar-refractivity contribution in [2.24, 2.45) is 5.10 Å². The molecule has 5 rings (SSSR count). The second-order valence-electron chi connectivity index (χ2n) is 9.75. The van der Waals surface area contributed by atoms with Crippen LogP contribution >= 0.6 is 0 Å². The number of aryl methyl sites for hydroxylation is 2. The smallest absolute Gasteiger partial charge is 0.282 e. The molecule has 0 aliphatic rings. The molecule has 0 saturated heterocycles. The highest BCUT2D eigenvalue weighted by atomic mass is 16.5. The zero-order valence-electron chi connectivity index (χ0n) is 22.6. The van der Waals surface area contributed by atoms with Gasteiger partial charge in [0, 0.05) is 28.7 Å². The maximum atomic E-state index is 13.7. The molecule has 0 N–H and O–H groups in total. The van der Waals surface area contributed by atoms with Crippen LogP contribution in [0.3, 0.4) is 0 Å². The Hall–Kier alpha value is -4.52. The first-order valence-electron chi connectivity index (χ1n) is 12.6. The standard InChI is InChI=1S/C31H31N5O2/c1-19(2)26-16-27(20(3)14-29(26)38-6)30-34-28-12-8-7-11-25(28)31(37)36(30)33-17-23-15-21(4)35(22(23)5)24-10-9-13-32-18-24/h7-19H,1-6H3. The van der Waals surface area contributed by atoms with Gasteiger partial charge >= 0.3 is 0 Å². The highest BCUT2D eigenvalue weighted by molar-refractivity contribution is 5.84. The summed E-state index contributed by atoms with van der Waals surface area (Å²) >= 11 is 0. The molecular weight excluding hydrogens is 474 g/mol. The Kier molecular flexibility index (Phi) is 6.68. The second-order valence-corrected chi connectivity index (χ2v) is 9.75. The van der Waals surface area contributed by atoms with Crippen LogP contribution in [0, 0.1) is 20.8 Å². The van der Waals surface area contributed by atoms with Gasteiger partial charge in [-0.3, -0.25) is 9.78 Å². The molecule has 0 amide bonds. The van der Waals surface area contributed by atoms with Gasteiger partial charge in [0.15, 0.2) is 5.82 Å². The second kappa shape index (κ2) is 10.1. The molecule has 0 radical (unpaired) electrons. The molecule has 0 unspecified atom stereocenters. The number of hydrogen-bond donors (Lipinski definition) is 0. The first kappa shape index (κ1) is 25.1. The van der Waals surface area contributed by atoms with Crippen LogP contribution in [0.2, 0.25) is 0 Å². The van der Waals surface area contributed by atoms with Crippen LogP contribution in [-0.4, -0.2) is 32.5 Å². The lowest BCUT2D eigenvalue weighted by Gasteiger charge is -2.17. The van der Waals surface area contributed by atoms with Crippen LogP contribution in [0.5, 0.6) is 5.75 Å². The van der Waals surface area contributed by atoms with Crippen molar-refractivity contribution in [2.75, 3.05) is 7.11 Å². The van der Waals surface area contributed by atoms with Crippen molar-refractivity contribution in [3.05, 3.63) is 105 Å². The fourth-order valence-electron chi connectivity index (χ4n) is 4.89. The number of benzene rings is 2. The highest BCUT2D eigenvalue weighted by Crippen LogP contribution is 2.34. The van der Waals surface area contributed by atoms with Gasteiger partial charge in [0.25, 0.3) is 5.56 Å². The molecule has 0 spiro atoms. The van der Waals surface area contributed by atoms with Crippen molar-refractivity contribution in [3.63, 3.8) is 0 Å². The summed E-state index contributed by atoms with van der Waals surface area (Å²) in [5.74, 6) is 1.54. The normalized spacial score (nSPS) is 11.7. The Bertz CT molecular complexity index is 1730. The van der Waals surface area contributed by atoms with Crippen LogP contribution in [0.15, 0.2) is 76.9 Å². The monoisotopic (exact) mass is 505 g/mol. The van der Waals surface area contributed by atoms with E-state index in [1.165, 1.54) is 4.68 Å². The molecular formula is C31H31N5O2. The molecule has 0 fully saturated rings. The maximum absolute atomic E-state index is 13.7. The minimum atomic E-state index is -0.218. The number of rotatable bonds is 6. The van der Waals surface area contributed by atoms with Crippen LogP contribution in [0.25, 0.3) is 28.0 Å². The minimum absolute atomic E-state index is 0.218. The summed E-state index contributed by atoms with van der Waals surface area (Å²) in [6.07, 6.45) is 5.32. The van der Waals surface area contributed by atoms with Gasteiger partial charge in [-0.15, -0.1) is 0 Å². The van der Waals surface area contributed by atoms with Crippen molar-refractivity contribution >= 4 is 17.1 Å². The first-order chi connectivity index (χ1) is 18.3. The lowest BCUT2D eigenvalue weighted by molar-refractivity contribution is 0.407. The number of para-hydroxylation sites is 1. The van der Waals surface area contributed by atoms with E-state index in [1.54, 1.807) is 25.6 Å². The van der Waals surface area contributed by atoms with Crippen LogP contribution in [0.1, 0.15) is 47.8 Å². The van der Waals surface area contributed by atoms with E-state index in [0.717, 1.165) is 45.1 Å². The van der Waals surface area contributed by atoms with E-state index in [-0.39, 0.29) is 11.5 Å². The fourth-order valence-corrected chi connectivity index (χ4v) is 4.89. The Labute approximate surface area is 222 Å². The van der Waals surface area contributed by atoms with E-state index < -0.39 is 0 Å². The third-order valence-corrected chi connectivity index (χ3v) is 6.88. The van der Waals surface area contributed by atoms with Crippen molar-refractivity contribution in [2.45, 2.75) is 40.5 Å². The van der Waals surface area contributed by atoms with Gasteiger partial charge in [0.05, 0.1) is 36.1 Å². The van der Waals surface area contributed by atoms with E-state index in [0.29, 0.717) is 16.7 Å². The van der Waals surface area contributed by atoms with Gasteiger partial charge in [-0.25, -0.2) is 4.98 Å². The maximum Gasteiger partial charge on any atom is 0.282 e. The van der Waals surface area contributed by atoms with E-state index >= 15 is 0 Å². The van der Waals surface area contributed by atoms with Gasteiger partial charge in [-0.1, -0.05) is 26.0 Å². The summed E-state index contributed by atoms with van der Waals surface area (Å²) in [4.78, 5) is 22.9. The van der Waals surface area contributed by atoms with Crippen molar-refractivity contribution in [3.8, 4) is 22.8 Å². The zero-order valence-corrected chi connectivity index (χ0v) is 22.6. The summed E-state index contributed by atoms with van der Waals surface area (Å²) in [5.41, 5.74) is 7.20. The number of hydrogen-bond acceptors (Lipinski definition) is 5. The summed E-state index contributed by atoms with van der Waals surface area (Å²) in [7, 11) is 1.68. The van der Waals surface area contributed by atoms with Crippen LogP contribution in [-0.2, 0) is 0 Å². The highest BCUT2D eigenvalue weighted by Gasteiger charge is 2.18. The van der Waals surface area contributed by atoms with Gasteiger partial charge in [0.2, 0.25) is 0 Å². The number of pyridine rings is 1. The quantitative estimate of drug-likeness (QED) is 0.258. The first-order valence-corrected chi connectivity index (χ1v) is 12.6. The SMILES string of the molecule is COc1cc(C)c(-c2nc3ccccc3c(=O)n2N=Cc2cc(C)n(-c3cccnc3)c2C)cc1C(C)C. The van der Waals surface area contributed by atoms with Gasteiger partial charge in [-0.05, 0) is 80.3 Å². The van der Waals surface area contributed by atoms with E-state index in [2.05, 4.69) is 35.5 Å². The number of nitrogens with zero attached hydrogens (tertiary/aromatic N) is 5. The molecule has 0 aliphatic carbocycles. The summed E-state index contributed by atoms with van der Waals surface area (Å²) < 4.78 is 9.18. The zero-order chi connectivity index (χ0) is 27.0. The average Bonchev–Trinajstić information content (AvgIpc) is 3.20. The van der Waals surface area contributed by atoms with Crippen LogP contribution < -0.4 is 10.3 Å². The molecule has 38 heavy (non-hydrogen) atoms.